The smallest absolute Gasteiger partial charge is 0.360 e. The zero-order valence-corrected chi connectivity index (χ0v) is 8.96. The molecule has 0 saturated heterocycles. The van der Waals surface area contributed by atoms with Gasteiger partial charge in [-0.2, -0.15) is 0 Å². The molecular formula is C9H8ClF2NO3. The summed E-state index contributed by atoms with van der Waals surface area (Å²) in [6.07, 6.45) is -2.95. The van der Waals surface area contributed by atoms with Crippen LogP contribution in [-0.2, 0) is 4.74 Å². The van der Waals surface area contributed by atoms with Gasteiger partial charge in [0.15, 0.2) is 11.4 Å². The summed E-state index contributed by atoms with van der Waals surface area (Å²) < 4.78 is 29.4. The predicted octanol–water partition coefficient (Wildman–Crippen LogP) is 2.55. The largest absolute Gasteiger partial charge is 0.505 e. The molecule has 0 fully saturated rings. The Morgan fingerprint density at radius 1 is 1.69 bits per heavy atom. The summed E-state index contributed by atoms with van der Waals surface area (Å²) in [4.78, 5) is 14.7. The maximum Gasteiger partial charge on any atom is 0.360 e. The number of carbonyl (C=O) groups excluding carboxylic acids is 1. The summed E-state index contributed by atoms with van der Waals surface area (Å²) in [7, 11) is 0. The molecule has 88 valence electrons. The van der Waals surface area contributed by atoms with Gasteiger partial charge in [-0.25, -0.2) is 18.6 Å². The van der Waals surface area contributed by atoms with Crippen molar-refractivity contribution in [2.24, 2.45) is 0 Å². The van der Waals surface area contributed by atoms with E-state index in [0.29, 0.717) is 0 Å². The monoisotopic (exact) mass is 251 g/mol. The van der Waals surface area contributed by atoms with Crippen LogP contribution in [0, 0.1) is 0 Å². The molecule has 0 bridgehead atoms. The quantitative estimate of drug-likeness (QED) is 0.662. The molecule has 0 spiro atoms. The Hall–Kier alpha value is -1.43. The second-order valence-electron chi connectivity index (χ2n) is 2.75. The van der Waals surface area contributed by atoms with E-state index in [1.165, 1.54) is 6.92 Å². The normalized spacial score (nSPS) is 10.6. The van der Waals surface area contributed by atoms with Crippen molar-refractivity contribution in [2.75, 3.05) is 6.61 Å². The van der Waals surface area contributed by atoms with Crippen LogP contribution in [0.1, 0.15) is 29.4 Å². The predicted molar refractivity (Wildman–Crippen MR) is 51.8 cm³/mol. The molecule has 1 heterocycles. The lowest BCUT2D eigenvalue weighted by Crippen LogP contribution is -2.09. The minimum atomic E-state index is -2.95. The number of hydrogen-bond donors (Lipinski definition) is 1. The second-order valence-corrected chi connectivity index (χ2v) is 3.14. The van der Waals surface area contributed by atoms with E-state index in [4.69, 9.17) is 11.6 Å². The van der Waals surface area contributed by atoms with Gasteiger partial charge in [-0.1, -0.05) is 11.6 Å². The Bertz CT molecular complexity index is 412. The number of aromatic nitrogens is 1. The van der Waals surface area contributed by atoms with E-state index in [9.17, 15) is 18.7 Å². The van der Waals surface area contributed by atoms with Crippen molar-refractivity contribution in [2.45, 2.75) is 13.3 Å². The number of carbonyl (C=O) groups is 1. The van der Waals surface area contributed by atoms with E-state index in [0.717, 1.165) is 6.07 Å². The topological polar surface area (TPSA) is 59.4 Å². The zero-order chi connectivity index (χ0) is 12.3. The van der Waals surface area contributed by atoms with E-state index in [1.807, 2.05) is 0 Å². The molecule has 0 aliphatic carbocycles. The Labute approximate surface area is 94.8 Å². The fourth-order valence-electron chi connectivity index (χ4n) is 1.03. The number of nitrogens with zero attached hydrogens (tertiary/aromatic N) is 1. The highest BCUT2D eigenvalue weighted by atomic mass is 35.5. The minimum Gasteiger partial charge on any atom is -0.505 e. The number of hydrogen-bond acceptors (Lipinski definition) is 4. The fourth-order valence-corrected chi connectivity index (χ4v) is 1.24. The number of esters is 1. The number of aromatic hydroxyl groups is 1. The summed E-state index contributed by atoms with van der Waals surface area (Å²) in [5.74, 6) is -1.90. The van der Waals surface area contributed by atoms with Crippen LogP contribution in [0.15, 0.2) is 6.07 Å². The lowest BCUT2D eigenvalue weighted by Gasteiger charge is -2.08. The van der Waals surface area contributed by atoms with Crippen LogP contribution in [0.5, 0.6) is 5.75 Å². The molecule has 0 unspecified atom stereocenters. The molecular weight excluding hydrogens is 244 g/mol. The van der Waals surface area contributed by atoms with Crippen molar-refractivity contribution in [3.63, 3.8) is 0 Å². The SMILES string of the molecule is CCOC(=O)c1nc(Cl)cc(C(F)F)c1O. The van der Waals surface area contributed by atoms with Crippen LogP contribution in [-0.4, -0.2) is 22.7 Å². The average molecular weight is 252 g/mol. The molecule has 16 heavy (non-hydrogen) atoms. The van der Waals surface area contributed by atoms with Gasteiger partial charge >= 0.3 is 5.97 Å². The first kappa shape index (κ1) is 12.6. The molecule has 0 aromatic carbocycles. The molecule has 1 aromatic heterocycles. The van der Waals surface area contributed by atoms with Crippen molar-refractivity contribution >= 4 is 17.6 Å². The van der Waals surface area contributed by atoms with Gasteiger partial charge in [-0.3, -0.25) is 0 Å². The maximum atomic E-state index is 12.4. The molecule has 1 rings (SSSR count). The summed E-state index contributed by atoms with van der Waals surface area (Å²) in [6.45, 7) is 1.57. The van der Waals surface area contributed by atoms with Crippen LogP contribution in [0.3, 0.4) is 0 Å². The minimum absolute atomic E-state index is 0.0382. The zero-order valence-electron chi connectivity index (χ0n) is 8.21. The Kier molecular flexibility index (Phi) is 4.00. The van der Waals surface area contributed by atoms with E-state index < -0.39 is 29.4 Å². The molecule has 0 atom stereocenters. The van der Waals surface area contributed by atoms with E-state index in [-0.39, 0.29) is 11.8 Å². The Balaban J connectivity index is 3.24. The Morgan fingerprint density at radius 2 is 2.31 bits per heavy atom. The third-order valence-electron chi connectivity index (χ3n) is 1.69. The van der Waals surface area contributed by atoms with E-state index in [1.54, 1.807) is 0 Å². The first-order valence-electron chi connectivity index (χ1n) is 4.32. The molecule has 1 N–H and O–H groups in total. The lowest BCUT2D eigenvalue weighted by atomic mass is 10.2. The van der Waals surface area contributed by atoms with Gasteiger partial charge in [0.25, 0.3) is 6.43 Å². The van der Waals surface area contributed by atoms with Gasteiger partial charge in [0.05, 0.1) is 12.2 Å². The first-order valence-corrected chi connectivity index (χ1v) is 4.69. The maximum absolute atomic E-state index is 12.4. The van der Waals surface area contributed by atoms with Crippen molar-refractivity contribution < 1.29 is 23.4 Å². The highest BCUT2D eigenvalue weighted by Crippen LogP contribution is 2.32. The van der Waals surface area contributed by atoms with Gasteiger partial charge in [-0.15, -0.1) is 0 Å². The summed E-state index contributed by atoms with van der Waals surface area (Å²) in [6, 6.07) is 0.796. The van der Waals surface area contributed by atoms with Crippen molar-refractivity contribution in [3.05, 3.63) is 22.5 Å². The van der Waals surface area contributed by atoms with Gasteiger partial charge in [0, 0.05) is 0 Å². The van der Waals surface area contributed by atoms with Gasteiger partial charge in [0.1, 0.15) is 5.15 Å². The van der Waals surface area contributed by atoms with Gasteiger partial charge < -0.3 is 9.84 Å². The highest BCUT2D eigenvalue weighted by molar-refractivity contribution is 6.29. The molecule has 0 aliphatic rings. The standard InChI is InChI=1S/C9H8ClF2NO3/c1-2-16-9(15)6-7(14)4(8(11)12)3-5(10)13-6/h3,8,14H,2H2,1H3. The number of rotatable bonds is 3. The number of halogens is 3. The Morgan fingerprint density at radius 3 is 2.81 bits per heavy atom. The lowest BCUT2D eigenvalue weighted by molar-refractivity contribution is 0.0514. The molecule has 0 amide bonds. The van der Waals surface area contributed by atoms with Crippen LogP contribution in [0.4, 0.5) is 8.78 Å². The van der Waals surface area contributed by atoms with Crippen molar-refractivity contribution in [3.8, 4) is 5.75 Å². The van der Waals surface area contributed by atoms with E-state index >= 15 is 0 Å². The second kappa shape index (κ2) is 5.07. The third-order valence-corrected chi connectivity index (χ3v) is 1.89. The molecule has 7 heteroatoms. The van der Waals surface area contributed by atoms with Crippen LogP contribution >= 0.6 is 11.6 Å². The first-order chi connectivity index (χ1) is 7.47. The average Bonchev–Trinajstić information content (AvgIpc) is 2.20. The number of ether oxygens (including phenoxy) is 1. The molecule has 0 aliphatic heterocycles. The highest BCUT2D eigenvalue weighted by Gasteiger charge is 2.23. The van der Waals surface area contributed by atoms with Gasteiger partial charge in [-0.05, 0) is 13.0 Å². The molecule has 0 saturated carbocycles. The number of pyridine rings is 1. The van der Waals surface area contributed by atoms with Crippen LogP contribution < -0.4 is 0 Å². The van der Waals surface area contributed by atoms with Crippen LogP contribution in [0.25, 0.3) is 0 Å². The molecule has 0 radical (unpaired) electrons. The summed E-state index contributed by atoms with van der Waals surface area (Å²) >= 11 is 5.45. The van der Waals surface area contributed by atoms with E-state index in [2.05, 4.69) is 9.72 Å². The summed E-state index contributed by atoms with van der Waals surface area (Å²) in [5, 5.41) is 9.07. The molecule has 1 aromatic rings. The van der Waals surface area contributed by atoms with Crippen molar-refractivity contribution in [1.29, 1.82) is 0 Å². The van der Waals surface area contributed by atoms with Crippen molar-refractivity contribution in [1.82, 2.24) is 4.98 Å². The number of alkyl halides is 2. The molecule has 4 nitrogen and oxygen atoms in total. The summed E-state index contributed by atoms with van der Waals surface area (Å²) in [5.41, 5.74) is -1.35. The fraction of sp³-hybridized carbons (Fsp3) is 0.333. The van der Waals surface area contributed by atoms with Gasteiger partial charge in [0.2, 0.25) is 0 Å². The van der Waals surface area contributed by atoms with Crippen LogP contribution in [0.2, 0.25) is 5.15 Å². The third kappa shape index (κ3) is 2.57.